The first-order valence-corrected chi connectivity index (χ1v) is 12.1. The lowest BCUT2D eigenvalue weighted by Gasteiger charge is -2.64. The van der Waals surface area contributed by atoms with Gasteiger partial charge >= 0.3 is 11.9 Å². The van der Waals surface area contributed by atoms with Crippen LogP contribution in [0.4, 0.5) is 5.00 Å². The topological polar surface area (TPSA) is 81.7 Å². The Kier molecular flexibility index (Phi) is 5.48. The van der Waals surface area contributed by atoms with Gasteiger partial charge in [-0.1, -0.05) is 13.8 Å². The average molecular weight is 448 g/mol. The van der Waals surface area contributed by atoms with E-state index in [9.17, 15) is 14.4 Å². The van der Waals surface area contributed by atoms with Crippen LogP contribution in [0, 0.1) is 29.1 Å². The van der Waals surface area contributed by atoms with E-state index in [0.29, 0.717) is 21.4 Å². The average Bonchev–Trinajstić information content (AvgIpc) is 2.95. The van der Waals surface area contributed by atoms with Crippen LogP contribution in [0.5, 0.6) is 0 Å². The number of thiophene rings is 1. The van der Waals surface area contributed by atoms with Gasteiger partial charge < -0.3 is 14.8 Å². The second kappa shape index (κ2) is 7.61. The summed E-state index contributed by atoms with van der Waals surface area (Å²) in [6.07, 6.45) is 6.29. The number of hydrogen-bond donors (Lipinski definition) is 1. The number of hydrogen-bond acceptors (Lipinski definition) is 6. The van der Waals surface area contributed by atoms with Crippen LogP contribution in [0.1, 0.15) is 91.8 Å². The van der Waals surface area contributed by atoms with E-state index in [1.54, 1.807) is 20.8 Å². The Balaban J connectivity index is 1.67. The molecule has 4 saturated carbocycles. The molecular weight excluding hydrogens is 414 g/mol. The van der Waals surface area contributed by atoms with Gasteiger partial charge in [0.15, 0.2) is 0 Å². The first kappa shape index (κ1) is 22.3. The summed E-state index contributed by atoms with van der Waals surface area (Å²) in [4.78, 5) is 39.2. The van der Waals surface area contributed by atoms with Crippen LogP contribution in [0.2, 0.25) is 0 Å². The van der Waals surface area contributed by atoms with E-state index >= 15 is 0 Å². The van der Waals surface area contributed by atoms with E-state index < -0.39 is 17.4 Å². The zero-order valence-electron chi connectivity index (χ0n) is 19.2. The van der Waals surface area contributed by atoms with Crippen LogP contribution in [-0.2, 0) is 14.3 Å². The molecule has 1 aromatic rings. The van der Waals surface area contributed by atoms with Gasteiger partial charge in [0, 0.05) is 0 Å². The molecule has 4 fully saturated rings. The second-order valence-electron chi connectivity index (χ2n) is 10.6. The van der Waals surface area contributed by atoms with Crippen molar-refractivity contribution in [1.82, 2.24) is 0 Å². The van der Waals surface area contributed by atoms with Crippen molar-refractivity contribution in [3.63, 3.8) is 0 Å². The molecule has 6 nitrogen and oxygen atoms in total. The van der Waals surface area contributed by atoms with E-state index in [-0.39, 0.29) is 35.5 Å². The first-order valence-electron chi connectivity index (χ1n) is 11.3. The predicted molar refractivity (Wildman–Crippen MR) is 119 cm³/mol. The SMILES string of the molecule is CCOC(=O)c1sc(NC(=O)C23CC4C[C@](C)(C2)C[C@](C)(C4)C3)c(C(=O)OCC)c1C. The largest absolute Gasteiger partial charge is 0.462 e. The zero-order valence-corrected chi connectivity index (χ0v) is 20.0. The van der Waals surface area contributed by atoms with Gasteiger partial charge in [-0.25, -0.2) is 9.59 Å². The fourth-order valence-corrected chi connectivity index (χ4v) is 8.46. The minimum atomic E-state index is -0.522. The minimum Gasteiger partial charge on any atom is -0.462 e. The van der Waals surface area contributed by atoms with E-state index in [2.05, 4.69) is 19.2 Å². The molecule has 31 heavy (non-hydrogen) atoms. The lowest BCUT2D eigenvalue weighted by Crippen LogP contribution is -2.58. The van der Waals surface area contributed by atoms with E-state index in [1.807, 2.05) is 0 Å². The van der Waals surface area contributed by atoms with Crippen molar-refractivity contribution in [3.8, 4) is 0 Å². The summed E-state index contributed by atoms with van der Waals surface area (Å²) in [5.41, 5.74) is 0.775. The van der Waals surface area contributed by atoms with Crippen molar-refractivity contribution in [3.05, 3.63) is 16.0 Å². The molecule has 0 radical (unpaired) electrons. The Morgan fingerprint density at radius 2 is 1.55 bits per heavy atom. The normalized spacial score (nSPS) is 33.3. The van der Waals surface area contributed by atoms with Gasteiger partial charge in [-0.05, 0) is 81.6 Å². The van der Waals surface area contributed by atoms with Gasteiger partial charge in [-0.15, -0.1) is 11.3 Å². The maximum atomic E-state index is 13.7. The highest BCUT2D eigenvalue weighted by molar-refractivity contribution is 7.18. The van der Waals surface area contributed by atoms with Crippen molar-refractivity contribution in [1.29, 1.82) is 0 Å². The van der Waals surface area contributed by atoms with E-state index in [1.165, 1.54) is 19.3 Å². The number of carbonyl (C=O) groups is 3. The van der Waals surface area contributed by atoms with Crippen LogP contribution in [-0.4, -0.2) is 31.1 Å². The maximum Gasteiger partial charge on any atom is 0.348 e. The number of nitrogens with one attached hydrogen (secondary N) is 1. The summed E-state index contributed by atoms with van der Waals surface area (Å²) in [5.74, 6) is -0.435. The van der Waals surface area contributed by atoms with Crippen LogP contribution >= 0.6 is 11.3 Å². The lowest BCUT2D eigenvalue weighted by molar-refractivity contribution is -0.165. The Bertz CT molecular complexity index is 917. The molecule has 0 spiro atoms. The molecule has 0 saturated heterocycles. The highest BCUT2D eigenvalue weighted by Gasteiger charge is 2.62. The van der Waals surface area contributed by atoms with Gasteiger partial charge in [-0.2, -0.15) is 0 Å². The number of carbonyl (C=O) groups excluding carboxylic acids is 3. The van der Waals surface area contributed by atoms with Crippen molar-refractivity contribution in [2.75, 3.05) is 18.5 Å². The summed E-state index contributed by atoms with van der Waals surface area (Å²) >= 11 is 1.11. The van der Waals surface area contributed by atoms with Gasteiger partial charge in [0.2, 0.25) is 5.91 Å². The second-order valence-corrected chi connectivity index (χ2v) is 11.6. The van der Waals surface area contributed by atoms with E-state index in [0.717, 1.165) is 30.6 Å². The maximum absolute atomic E-state index is 13.7. The Morgan fingerprint density at radius 1 is 0.968 bits per heavy atom. The Hall–Kier alpha value is -1.89. The first-order chi connectivity index (χ1) is 14.5. The molecule has 170 valence electrons. The standard InChI is InChI=1S/C24H33NO5S/c1-6-29-19(26)16-14(3)17(20(27)30-7-2)31-18(16)25-21(28)24-10-15-8-22(4,12-24)11-23(5,9-15)13-24/h15H,6-13H2,1-5H3,(H,25,28)/t15?,22-,23-,24?/m0/s1. The Labute approximate surface area is 188 Å². The van der Waals surface area contributed by atoms with Crippen molar-refractivity contribution >= 4 is 34.2 Å². The summed E-state index contributed by atoms with van der Waals surface area (Å²) in [7, 11) is 0. The molecule has 2 atom stereocenters. The van der Waals surface area contributed by atoms with Gasteiger partial charge in [-0.3, -0.25) is 4.79 Å². The van der Waals surface area contributed by atoms with Gasteiger partial charge in [0.05, 0.1) is 24.2 Å². The van der Waals surface area contributed by atoms with Crippen LogP contribution < -0.4 is 5.32 Å². The number of rotatable bonds is 6. The molecule has 4 bridgehead atoms. The fraction of sp³-hybridized carbons (Fsp3) is 0.708. The third kappa shape index (κ3) is 3.79. The molecule has 4 aliphatic carbocycles. The Morgan fingerprint density at radius 3 is 2.10 bits per heavy atom. The minimum absolute atomic E-state index is 0.0174. The third-order valence-corrected chi connectivity index (χ3v) is 8.61. The molecule has 4 aliphatic rings. The molecule has 1 heterocycles. The predicted octanol–water partition coefficient (Wildman–Crippen LogP) is 5.35. The smallest absolute Gasteiger partial charge is 0.348 e. The third-order valence-electron chi connectivity index (χ3n) is 7.42. The molecule has 1 amide bonds. The number of anilines is 1. The molecule has 0 unspecified atom stereocenters. The highest BCUT2D eigenvalue weighted by Crippen LogP contribution is 2.69. The monoisotopic (exact) mass is 447 g/mol. The highest BCUT2D eigenvalue weighted by atomic mass is 32.1. The quantitative estimate of drug-likeness (QED) is 0.595. The van der Waals surface area contributed by atoms with Crippen LogP contribution in [0.25, 0.3) is 0 Å². The van der Waals surface area contributed by atoms with E-state index in [4.69, 9.17) is 9.47 Å². The molecule has 7 heteroatoms. The lowest BCUT2D eigenvalue weighted by atomic mass is 9.40. The molecular formula is C24H33NO5S. The molecule has 1 N–H and O–H groups in total. The van der Waals surface area contributed by atoms with Crippen molar-refractivity contribution < 1.29 is 23.9 Å². The summed E-state index contributed by atoms with van der Waals surface area (Å²) in [5, 5.41) is 3.47. The number of esters is 2. The van der Waals surface area contributed by atoms with Crippen LogP contribution in [0.15, 0.2) is 0 Å². The molecule has 1 aromatic heterocycles. The summed E-state index contributed by atoms with van der Waals surface area (Å²) in [6.45, 7) is 10.3. The zero-order chi connectivity index (χ0) is 22.6. The van der Waals surface area contributed by atoms with Crippen LogP contribution in [0.3, 0.4) is 0 Å². The molecule has 0 aromatic carbocycles. The molecule has 5 rings (SSSR count). The van der Waals surface area contributed by atoms with Crippen molar-refractivity contribution in [2.24, 2.45) is 22.2 Å². The van der Waals surface area contributed by atoms with Gasteiger partial charge in [0.25, 0.3) is 0 Å². The summed E-state index contributed by atoms with van der Waals surface area (Å²) in [6, 6.07) is 0. The number of ether oxygens (including phenoxy) is 2. The van der Waals surface area contributed by atoms with Gasteiger partial charge in [0.1, 0.15) is 9.88 Å². The summed E-state index contributed by atoms with van der Waals surface area (Å²) < 4.78 is 10.4. The molecule has 0 aliphatic heterocycles. The fourth-order valence-electron chi connectivity index (χ4n) is 7.38. The number of amides is 1. The van der Waals surface area contributed by atoms with Crippen molar-refractivity contribution in [2.45, 2.75) is 73.1 Å².